The zero-order valence-corrected chi connectivity index (χ0v) is 10.0. The summed E-state index contributed by atoms with van der Waals surface area (Å²) in [5.41, 5.74) is 0. The smallest absolute Gasteiger partial charge is 0.0126 e. The lowest BCUT2D eigenvalue weighted by atomic mass is 10.0. The largest absolute Gasteiger partial charge is 0.311 e. The first-order valence-electron chi connectivity index (χ1n) is 7.13. The molecule has 2 atom stereocenters. The Hall–Kier alpha value is -0.0400. The highest BCUT2D eigenvalue weighted by Gasteiger charge is 2.42. The molecule has 0 aliphatic heterocycles. The van der Waals surface area contributed by atoms with Gasteiger partial charge in [0.1, 0.15) is 0 Å². The Balaban J connectivity index is 1.50. The molecule has 0 spiro atoms. The minimum atomic E-state index is 0.876. The van der Waals surface area contributed by atoms with Gasteiger partial charge < -0.3 is 5.32 Å². The molecule has 15 heavy (non-hydrogen) atoms. The molecule has 0 aromatic heterocycles. The summed E-state index contributed by atoms with van der Waals surface area (Å²) < 4.78 is 0. The van der Waals surface area contributed by atoms with Crippen molar-refractivity contribution in [3.05, 3.63) is 0 Å². The molecule has 3 saturated carbocycles. The van der Waals surface area contributed by atoms with Crippen LogP contribution in [0.15, 0.2) is 0 Å². The Morgan fingerprint density at radius 2 is 1.67 bits per heavy atom. The van der Waals surface area contributed by atoms with Crippen molar-refractivity contribution in [3.8, 4) is 0 Å². The van der Waals surface area contributed by atoms with Crippen LogP contribution in [0.4, 0.5) is 0 Å². The van der Waals surface area contributed by atoms with E-state index in [2.05, 4.69) is 12.2 Å². The van der Waals surface area contributed by atoms with Gasteiger partial charge in [0, 0.05) is 12.1 Å². The summed E-state index contributed by atoms with van der Waals surface area (Å²) in [5.74, 6) is 3.16. The fourth-order valence-corrected chi connectivity index (χ4v) is 3.44. The lowest BCUT2D eigenvalue weighted by molar-refractivity contribution is 0.355. The van der Waals surface area contributed by atoms with Crippen molar-refractivity contribution in [1.82, 2.24) is 5.32 Å². The minimum Gasteiger partial charge on any atom is -0.311 e. The molecule has 3 aliphatic rings. The van der Waals surface area contributed by atoms with Crippen LogP contribution in [-0.2, 0) is 0 Å². The Bertz CT molecular complexity index is 205. The molecule has 2 unspecified atom stereocenters. The van der Waals surface area contributed by atoms with E-state index >= 15 is 0 Å². The summed E-state index contributed by atoms with van der Waals surface area (Å²) in [6.45, 7) is 2.35. The van der Waals surface area contributed by atoms with E-state index in [1.807, 2.05) is 0 Å². The molecule has 86 valence electrons. The first-order chi connectivity index (χ1) is 7.36. The van der Waals surface area contributed by atoms with E-state index in [-0.39, 0.29) is 0 Å². The van der Waals surface area contributed by atoms with Crippen LogP contribution in [0.5, 0.6) is 0 Å². The summed E-state index contributed by atoms with van der Waals surface area (Å²) in [4.78, 5) is 0. The summed E-state index contributed by atoms with van der Waals surface area (Å²) in [5, 5.41) is 4.00. The van der Waals surface area contributed by atoms with Crippen molar-refractivity contribution >= 4 is 0 Å². The van der Waals surface area contributed by atoms with Gasteiger partial charge in [-0.3, -0.25) is 0 Å². The van der Waals surface area contributed by atoms with Crippen LogP contribution < -0.4 is 5.32 Å². The van der Waals surface area contributed by atoms with E-state index in [4.69, 9.17) is 0 Å². The lowest BCUT2D eigenvalue weighted by Gasteiger charge is -2.23. The number of hydrogen-bond donors (Lipinski definition) is 1. The van der Waals surface area contributed by atoms with Crippen LogP contribution in [0.2, 0.25) is 0 Å². The summed E-state index contributed by atoms with van der Waals surface area (Å²) >= 11 is 0. The van der Waals surface area contributed by atoms with E-state index < -0.39 is 0 Å². The zero-order chi connectivity index (χ0) is 10.3. The highest BCUT2D eigenvalue weighted by molar-refractivity contribution is 4.98. The predicted molar refractivity (Wildman–Crippen MR) is 63.8 cm³/mol. The van der Waals surface area contributed by atoms with Gasteiger partial charge in [-0.2, -0.15) is 0 Å². The molecular weight excluding hydrogens is 182 g/mol. The Morgan fingerprint density at radius 1 is 1.00 bits per heavy atom. The van der Waals surface area contributed by atoms with Crippen molar-refractivity contribution in [2.24, 2.45) is 17.8 Å². The molecule has 3 aliphatic carbocycles. The molecule has 0 radical (unpaired) electrons. The summed E-state index contributed by atoms with van der Waals surface area (Å²) in [7, 11) is 0. The van der Waals surface area contributed by atoms with E-state index in [1.54, 1.807) is 0 Å². The van der Waals surface area contributed by atoms with Gasteiger partial charge in [-0.15, -0.1) is 0 Å². The molecule has 3 rings (SSSR count). The normalized spacial score (nSPS) is 36.4. The quantitative estimate of drug-likeness (QED) is 0.729. The van der Waals surface area contributed by atoms with Crippen LogP contribution in [0.25, 0.3) is 0 Å². The predicted octanol–water partition coefficient (Wildman–Crippen LogP) is 3.34. The third kappa shape index (κ3) is 2.38. The Kier molecular flexibility index (Phi) is 2.76. The molecule has 1 N–H and O–H groups in total. The second kappa shape index (κ2) is 4.08. The van der Waals surface area contributed by atoms with Gasteiger partial charge in [-0.05, 0) is 62.7 Å². The maximum atomic E-state index is 4.00. The average molecular weight is 207 g/mol. The second-order valence-electron chi connectivity index (χ2n) is 6.15. The third-order valence-electron chi connectivity index (χ3n) is 4.81. The van der Waals surface area contributed by atoms with Crippen molar-refractivity contribution < 1.29 is 0 Å². The van der Waals surface area contributed by atoms with Gasteiger partial charge >= 0.3 is 0 Å². The van der Waals surface area contributed by atoms with Gasteiger partial charge in [0.2, 0.25) is 0 Å². The first kappa shape index (κ1) is 10.1. The Morgan fingerprint density at radius 3 is 2.13 bits per heavy atom. The number of rotatable bonds is 5. The molecule has 0 aromatic carbocycles. The van der Waals surface area contributed by atoms with Crippen molar-refractivity contribution in [2.75, 3.05) is 0 Å². The first-order valence-corrected chi connectivity index (χ1v) is 7.13. The molecule has 0 aromatic rings. The van der Waals surface area contributed by atoms with E-state index in [0.29, 0.717) is 0 Å². The van der Waals surface area contributed by atoms with Crippen molar-refractivity contribution in [2.45, 2.75) is 70.4 Å². The van der Waals surface area contributed by atoms with Gasteiger partial charge in [0.05, 0.1) is 0 Å². The van der Waals surface area contributed by atoms with Gasteiger partial charge in [-0.25, -0.2) is 0 Å². The summed E-state index contributed by atoms with van der Waals surface area (Å²) in [6, 6.07) is 1.80. The zero-order valence-electron chi connectivity index (χ0n) is 10.0. The standard InChI is InChI=1S/C14H25N/c1-2-10-3-8-13(9-10)15-14(11-4-5-11)12-6-7-12/h10-15H,2-9H2,1H3. The third-order valence-corrected chi connectivity index (χ3v) is 4.81. The molecule has 0 saturated heterocycles. The fourth-order valence-electron chi connectivity index (χ4n) is 3.44. The molecule has 0 bridgehead atoms. The van der Waals surface area contributed by atoms with Gasteiger partial charge in [0.15, 0.2) is 0 Å². The molecule has 0 amide bonds. The average Bonchev–Trinajstić information content (AvgIpc) is 3.14. The highest BCUT2D eigenvalue weighted by atomic mass is 15.0. The minimum absolute atomic E-state index is 0.876. The topological polar surface area (TPSA) is 12.0 Å². The van der Waals surface area contributed by atoms with Gasteiger partial charge in [-0.1, -0.05) is 13.3 Å². The lowest BCUT2D eigenvalue weighted by Crippen LogP contribution is -2.39. The number of nitrogens with one attached hydrogen (secondary N) is 1. The monoisotopic (exact) mass is 207 g/mol. The molecule has 1 nitrogen and oxygen atoms in total. The van der Waals surface area contributed by atoms with Crippen LogP contribution in [0.3, 0.4) is 0 Å². The van der Waals surface area contributed by atoms with E-state index in [1.165, 1.54) is 51.4 Å². The maximum absolute atomic E-state index is 4.00. The van der Waals surface area contributed by atoms with Gasteiger partial charge in [0.25, 0.3) is 0 Å². The molecule has 1 heteroatoms. The van der Waals surface area contributed by atoms with Crippen LogP contribution >= 0.6 is 0 Å². The second-order valence-corrected chi connectivity index (χ2v) is 6.15. The maximum Gasteiger partial charge on any atom is 0.0126 e. The molecule has 3 fully saturated rings. The van der Waals surface area contributed by atoms with Crippen molar-refractivity contribution in [1.29, 1.82) is 0 Å². The van der Waals surface area contributed by atoms with E-state index in [0.717, 1.165) is 29.8 Å². The van der Waals surface area contributed by atoms with E-state index in [9.17, 15) is 0 Å². The molecule has 0 heterocycles. The SMILES string of the molecule is CCC1CCC(NC(C2CC2)C2CC2)C1. The van der Waals surface area contributed by atoms with Crippen LogP contribution in [0.1, 0.15) is 58.3 Å². The van der Waals surface area contributed by atoms with Crippen molar-refractivity contribution in [3.63, 3.8) is 0 Å². The Labute approximate surface area is 94.0 Å². The molecular formula is C14H25N. The fraction of sp³-hybridized carbons (Fsp3) is 1.00. The summed E-state index contributed by atoms with van der Waals surface area (Å²) in [6.07, 6.45) is 11.8. The highest BCUT2D eigenvalue weighted by Crippen LogP contribution is 2.45. The van der Waals surface area contributed by atoms with Crippen LogP contribution in [-0.4, -0.2) is 12.1 Å². The number of hydrogen-bond acceptors (Lipinski definition) is 1. The van der Waals surface area contributed by atoms with Crippen LogP contribution in [0, 0.1) is 17.8 Å².